The maximum Gasteiger partial charge on any atom is 0.330 e. The zero-order valence-corrected chi connectivity index (χ0v) is 69.6. The van der Waals surface area contributed by atoms with Crippen molar-refractivity contribution in [1.82, 2.24) is 47.9 Å². The van der Waals surface area contributed by atoms with Gasteiger partial charge >= 0.3 is 5.97 Å². The number of aliphatic carboxylic acids is 1. The van der Waals surface area contributed by atoms with Crippen molar-refractivity contribution in [3.8, 4) is 57.1 Å². The molecule has 5 aromatic rings. The van der Waals surface area contributed by atoms with Crippen LogP contribution in [0.25, 0.3) is 11.1 Å². The number of carboxylic acids is 1. The van der Waals surface area contributed by atoms with Crippen molar-refractivity contribution >= 4 is 70.5 Å². The van der Waals surface area contributed by atoms with E-state index in [1.165, 1.54) is 50.2 Å². The minimum atomic E-state index is -2.33. The van der Waals surface area contributed by atoms with Crippen molar-refractivity contribution in [2.75, 3.05) is 66.3 Å². The van der Waals surface area contributed by atoms with Gasteiger partial charge < -0.3 is 143 Å². The predicted molar refractivity (Wildman–Crippen MR) is 437 cm³/mol. The summed E-state index contributed by atoms with van der Waals surface area (Å²) in [4.78, 5) is 119. The van der Waals surface area contributed by atoms with E-state index in [2.05, 4.69) is 54.8 Å². The molecule has 0 aromatic heterocycles. The molecule has 5 aromatic carbocycles. The second-order valence-corrected chi connectivity index (χ2v) is 32.2. The molecule has 7 heterocycles. The van der Waals surface area contributed by atoms with Crippen LogP contribution in [0, 0.1) is 5.92 Å². The van der Waals surface area contributed by atoms with E-state index in [1.807, 2.05) is 20.8 Å². The monoisotopic (exact) mass is 1730 g/mol. The number of fused-ring (bicyclic) bond motifs is 15. The number of hydrogen-bond donors (Lipinski definition) is 20. The lowest BCUT2D eigenvalue weighted by Crippen LogP contribution is -2.64. The lowest BCUT2D eigenvalue weighted by molar-refractivity contribution is -0.296. The predicted octanol–water partition coefficient (Wildman–Crippen LogP) is 3.64. The molecule has 36 nitrogen and oxygen atoms in total. The molecule has 0 radical (unpaired) electrons. The average molecular weight is 1730 g/mol. The second kappa shape index (κ2) is 43.1. The number of carbonyl (C=O) groups is 8. The van der Waals surface area contributed by atoms with Crippen LogP contribution in [0.5, 0.6) is 46.0 Å². The molecule has 2 saturated heterocycles. The van der Waals surface area contributed by atoms with Gasteiger partial charge in [0.2, 0.25) is 47.1 Å². The number of carbonyl (C=O) groups excluding carboxylic acids is 7. The maximum absolute atomic E-state index is 16.4. The largest absolute Gasteiger partial charge is 0.507 e. The number of benzene rings is 5. The number of rotatable bonds is 33. The number of unbranched alkanes of at least 4 members (excludes halogenated alkanes) is 7. The molecular formula is C83H111Cl2N11O25. The first-order chi connectivity index (χ1) is 57.8. The number of phenols is 3. The Morgan fingerprint density at radius 2 is 1.32 bits per heavy atom. The van der Waals surface area contributed by atoms with Crippen LogP contribution in [0.3, 0.4) is 0 Å². The lowest BCUT2D eigenvalue weighted by Gasteiger charge is -2.48. The zero-order chi connectivity index (χ0) is 87.7. The Balaban J connectivity index is 1.17. The fraction of sp³-hybridized carbons (Fsp3) is 0.542. The van der Waals surface area contributed by atoms with E-state index in [0.717, 1.165) is 81.0 Å². The van der Waals surface area contributed by atoms with E-state index in [9.17, 15) is 60.3 Å². The highest BCUT2D eigenvalue weighted by molar-refractivity contribution is 6.32. The van der Waals surface area contributed by atoms with Gasteiger partial charge in [-0.1, -0.05) is 107 Å². The van der Waals surface area contributed by atoms with E-state index >= 15 is 24.0 Å². The van der Waals surface area contributed by atoms with Crippen LogP contribution in [0.4, 0.5) is 0 Å². The third-order valence-electron chi connectivity index (χ3n) is 21.9. The second-order valence-electron chi connectivity index (χ2n) is 31.4. The van der Waals surface area contributed by atoms with Crippen molar-refractivity contribution in [1.29, 1.82) is 0 Å². The first-order valence-electron chi connectivity index (χ1n) is 40.6. The molecule has 12 rings (SSSR count). The molecule has 7 aliphatic heterocycles. The number of hydrogen-bond acceptors (Lipinski definition) is 28. The van der Waals surface area contributed by atoms with Crippen LogP contribution in [-0.4, -0.2) is 232 Å². The van der Waals surface area contributed by atoms with Gasteiger partial charge in [-0.2, -0.15) is 0 Å². The van der Waals surface area contributed by atoms with Gasteiger partial charge in [0.1, 0.15) is 89.5 Å². The molecule has 11 bridgehead atoms. The molecular weight excluding hydrogens is 1620 g/mol. The quantitative estimate of drug-likeness (QED) is 0.0267. The van der Waals surface area contributed by atoms with Crippen molar-refractivity contribution in [2.24, 2.45) is 17.4 Å². The molecule has 7 amide bonds. The number of ether oxygens (including phenoxy) is 8. The molecule has 662 valence electrons. The average Bonchev–Trinajstić information content (AvgIpc) is 0.756. The summed E-state index contributed by atoms with van der Waals surface area (Å²) in [5.74, 6) is -15.3. The van der Waals surface area contributed by atoms with Gasteiger partial charge in [0, 0.05) is 48.3 Å². The number of phenolic OH excluding ortho intramolecular Hbond substituents is 3. The first kappa shape index (κ1) is 93.9. The number of amides is 7. The number of aliphatic hydroxyl groups is 5. The molecule has 2 unspecified atom stereocenters. The van der Waals surface area contributed by atoms with E-state index < -0.39 is 232 Å². The number of halogens is 2. The molecule has 0 aliphatic carbocycles. The minimum absolute atomic E-state index is 0.00123. The highest BCUT2D eigenvalue weighted by atomic mass is 35.5. The first-order valence-corrected chi connectivity index (χ1v) is 41.3. The number of nitrogens with two attached hydrogens (primary N) is 2. The number of aliphatic hydroxyl groups excluding tert-OH is 5. The summed E-state index contributed by atoms with van der Waals surface area (Å²) in [6.45, 7) is 9.43. The zero-order valence-electron chi connectivity index (χ0n) is 68.1. The van der Waals surface area contributed by atoms with Gasteiger partial charge in [0.15, 0.2) is 29.9 Å². The van der Waals surface area contributed by atoms with Crippen molar-refractivity contribution in [3.63, 3.8) is 0 Å². The van der Waals surface area contributed by atoms with Gasteiger partial charge in [0.25, 0.3) is 0 Å². The highest BCUT2D eigenvalue weighted by Crippen LogP contribution is 2.51. The van der Waals surface area contributed by atoms with Gasteiger partial charge in [0.05, 0.1) is 79.9 Å². The number of likely N-dealkylation sites (N-methyl/N-ethyl adjacent to an activating group) is 1. The number of carboxylic acid groups (broad SMARTS) is 1. The van der Waals surface area contributed by atoms with E-state index in [4.69, 9.17) is 72.6 Å². The van der Waals surface area contributed by atoms with Crippen LogP contribution < -0.4 is 73.5 Å². The normalized spacial score (nSPS) is 25.9. The van der Waals surface area contributed by atoms with E-state index in [1.54, 1.807) is 6.92 Å². The SMILES string of the molecule is CCCCCCCCCCN[C@@]1(C)CC(O[C@H]2[C@@H](O)[C@@H](CO)OC[C@@H]2Oc2c3cc4cc2Oc2ccc(cc2Cl)[C@@H](O)[C@@H](NC(=O)[C@@H](CC(C)C)NC)C(=O)N[C@@H](CC(N)=O)C(=O)N[C@H]4C(=O)N[C@H]2C(=O)N[C@H](C(=O)N[C@H](C(=O)O)c4cc(O)c(CNCCOCCOCCN)c(O)c4-c4cc2ccc4O)C(O)c2ccc(c(Cl)c2)O3)O[C@@H](C)[C@H]1O. The Labute approximate surface area is 709 Å². The Morgan fingerprint density at radius 1 is 0.702 bits per heavy atom. The van der Waals surface area contributed by atoms with Crippen LogP contribution in [-0.2, 0) is 68.6 Å². The number of aromatic hydroxyl groups is 3. The summed E-state index contributed by atoms with van der Waals surface area (Å²) < 4.78 is 50.7. The van der Waals surface area contributed by atoms with E-state index in [-0.39, 0.29) is 90.4 Å². The third kappa shape index (κ3) is 23.3. The Hall–Kier alpha value is -9.32. The minimum Gasteiger partial charge on any atom is -0.507 e. The molecule has 2 fully saturated rings. The van der Waals surface area contributed by atoms with Crippen molar-refractivity contribution < 1.29 is 122 Å². The Kier molecular flexibility index (Phi) is 33.5. The van der Waals surface area contributed by atoms with Crippen LogP contribution in [0.15, 0.2) is 72.8 Å². The summed E-state index contributed by atoms with van der Waals surface area (Å²) in [5.41, 5.74) is 7.28. The molecule has 0 saturated carbocycles. The summed E-state index contributed by atoms with van der Waals surface area (Å²) in [6, 6.07) is -0.776. The fourth-order valence-electron chi connectivity index (χ4n) is 15.3. The Bertz CT molecular complexity index is 4490. The topological polar surface area (TPSA) is 553 Å². The number of nitrogens with one attached hydrogen (secondary N) is 9. The van der Waals surface area contributed by atoms with Crippen molar-refractivity contribution in [2.45, 2.75) is 215 Å². The summed E-state index contributed by atoms with van der Waals surface area (Å²) >= 11 is 14.4. The van der Waals surface area contributed by atoms with Crippen LogP contribution in [0.1, 0.15) is 169 Å². The molecule has 38 heteroatoms. The fourth-order valence-corrected chi connectivity index (χ4v) is 15.7. The molecule has 121 heavy (non-hydrogen) atoms. The standard InChI is InChI=1S/C83H111Cl2N11O25/c1-7-8-9-10-11-12-13-14-22-90-83(5)36-62(117-41(4)75(83)105)121-74-60(39-116-59(38-97)72(74)104)120-73-57-32-45-33-58(73)119-56-20-17-44(31-50(56)85)70(102)68-81(111)94-66(82(112)113)47-34-54(99)48(37-89-23-25-115-27-26-114-24-21-86)71(103)63(47)46-29-42(15-18-53(46)98)64(78(108)96-68)93-79(109)65(45)92-77(107)52(35-61(87)100)91-80(110)67(95-76(106)51(88-6)28-40(2)3)69(101)43-16-19-55(118-57)49(84)30-43/h15-20,29-34,40-41,51-52,59-60,62,64-70,72,74-75,88-90,97-99,101-105H,7-14,21-28,35-39,86H2,1-6H3,(H2,87,100)(H,91,110)(H,92,107)(H,93,109)(H,94,111)(H,95,106)(H,96,108)(H,112,113)/t41-,51+,52-,59+,60-,62?,64+,65+,66-,67+,68-,69+,70?,72-,74+,75+,83-/m0/s1. The van der Waals surface area contributed by atoms with E-state index in [0.29, 0.717) is 19.7 Å². The van der Waals surface area contributed by atoms with Gasteiger partial charge in [-0.15, -0.1) is 0 Å². The van der Waals surface area contributed by atoms with Gasteiger partial charge in [-0.3, -0.25) is 33.6 Å². The number of primary amides is 1. The smallest absolute Gasteiger partial charge is 0.330 e. The highest BCUT2D eigenvalue weighted by Gasteiger charge is 2.50. The molecule has 17 atom stereocenters. The van der Waals surface area contributed by atoms with Crippen LogP contribution in [0.2, 0.25) is 10.0 Å². The van der Waals surface area contributed by atoms with Gasteiger partial charge in [-0.05, 0) is 123 Å². The third-order valence-corrected chi connectivity index (χ3v) is 22.5. The van der Waals surface area contributed by atoms with Crippen LogP contribution >= 0.6 is 23.2 Å². The molecule has 7 aliphatic rings. The molecule has 22 N–H and O–H groups in total. The van der Waals surface area contributed by atoms with Crippen molar-refractivity contribution in [3.05, 3.63) is 116 Å². The summed E-state index contributed by atoms with van der Waals surface area (Å²) in [7, 11) is 1.49. The molecule has 0 spiro atoms. The maximum atomic E-state index is 16.4. The summed E-state index contributed by atoms with van der Waals surface area (Å²) in [5, 5.41) is 131. The summed E-state index contributed by atoms with van der Waals surface area (Å²) in [6.07, 6.45) is -5.95. The van der Waals surface area contributed by atoms with Gasteiger partial charge in [-0.25, -0.2) is 4.79 Å². The lowest BCUT2D eigenvalue weighted by atomic mass is 9.84. The Morgan fingerprint density at radius 3 is 1.94 bits per heavy atom.